The van der Waals surface area contributed by atoms with Crippen molar-refractivity contribution in [2.24, 2.45) is 0 Å². The average molecular weight is 289 g/mol. The van der Waals surface area contributed by atoms with Gasteiger partial charge in [-0.05, 0) is 26.2 Å². The molecular formula is C13H23NO2S2. The van der Waals surface area contributed by atoms with Crippen molar-refractivity contribution in [1.82, 2.24) is 4.90 Å². The Morgan fingerprint density at radius 1 is 1.44 bits per heavy atom. The van der Waals surface area contributed by atoms with E-state index in [4.69, 9.17) is 4.74 Å². The van der Waals surface area contributed by atoms with Crippen molar-refractivity contribution in [3.05, 3.63) is 0 Å². The fraction of sp³-hybridized carbons (Fsp3) is 0.923. The minimum Gasteiger partial charge on any atom is -0.377 e. The maximum atomic E-state index is 12.1. The number of hydrogen-bond acceptors (Lipinski definition) is 4. The van der Waals surface area contributed by atoms with Crippen molar-refractivity contribution in [3.63, 3.8) is 0 Å². The van der Waals surface area contributed by atoms with Crippen LogP contribution in [0.15, 0.2) is 0 Å². The van der Waals surface area contributed by atoms with E-state index in [2.05, 4.69) is 6.92 Å². The molecule has 0 aromatic heterocycles. The Balaban J connectivity index is 1.58. The highest BCUT2D eigenvalue weighted by Gasteiger charge is 2.23. The molecule has 2 rings (SSSR count). The van der Waals surface area contributed by atoms with Gasteiger partial charge in [0.15, 0.2) is 0 Å². The number of ether oxygens (including phenoxy) is 1. The van der Waals surface area contributed by atoms with Crippen LogP contribution in [0.4, 0.5) is 0 Å². The Morgan fingerprint density at radius 2 is 2.33 bits per heavy atom. The molecule has 2 aliphatic heterocycles. The van der Waals surface area contributed by atoms with E-state index in [-0.39, 0.29) is 6.04 Å². The summed E-state index contributed by atoms with van der Waals surface area (Å²) in [7, 11) is 4.03. The van der Waals surface area contributed by atoms with Gasteiger partial charge in [0.25, 0.3) is 0 Å². The van der Waals surface area contributed by atoms with Crippen molar-refractivity contribution in [2.45, 2.75) is 50.3 Å². The monoisotopic (exact) mass is 289 g/mol. The van der Waals surface area contributed by atoms with Crippen molar-refractivity contribution >= 4 is 27.5 Å². The molecular weight excluding hydrogens is 266 g/mol. The predicted molar refractivity (Wildman–Crippen MR) is 78.9 cm³/mol. The molecule has 0 radical (unpaired) electrons. The number of carbonyl (C=O) groups excluding carboxylic acids is 1. The Bertz CT molecular complexity index is 270. The van der Waals surface area contributed by atoms with Gasteiger partial charge in [0.2, 0.25) is 5.91 Å². The lowest BCUT2D eigenvalue weighted by Crippen LogP contribution is -2.47. The lowest BCUT2D eigenvalue weighted by atomic mass is 10.1. The number of unbranched alkanes of at least 4 members (excludes halogenated alkanes) is 1. The fourth-order valence-corrected chi connectivity index (χ4v) is 5.48. The summed E-state index contributed by atoms with van der Waals surface area (Å²) >= 11 is 0. The minimum absolute atomic E-state index is 0.257. The average Bonchev–Trinajstić information content (AvgIpc) is 2.88. The maximum absolute atomic E-state index is 12.1. The molecule has 0 N–H and O–H groups in total. The first-order valence-electron chi connectivity index (χ1n) is 6.93. The molecule has 2 unspecified atom stereocenters. The van der Waals surface area contributed by atoms with Crippen LogP contribution in [0.5, 0.6) is 0 Å². The molecule has 0 aliphatic carbocycles. The van der Waals surface area contributed by atoms with Crippen molar-refractivity contribution in [3.8, 4) is 0 Å². The molecule has 0 aromatic carbocycles. The Labute approximate surface area is 118 Å². The van der Waals surface area contributed by atoms with Gasteiger partial charge in [0, 0.05) is 24.0 Å². The third kappa shape index (κ3) is 4.35. The zero-order valence-electron chi connectivity index (χ0n) is 11.1. The molecule has 2 fully saturated rings. The molecule has 0 aromatic rings. The van der Waals surface area contributed by atoms with Crippen molar-refractivity contribution < 1.29 is 9.53 Å². The van der Waals surface area contributed by atoms with Gasteiger partial charge in [0.05, 0.1) is 19.3 Å². The van der Waals surface area contributed by atoms with Crippen LogP contribution < -0.4 is 0 Å². The smallest absolute Gasteiger partial charge is 0.222 e. The van der Waals surface area contributed by atoms with Gasteiger partial charge >= 0.3 is 0 Å². The van der Waals surface area contributed by atoms with E-state index < -0.39 is 0 Å². The van der Waals surface area contributed by atoms with Crippen LogP contribution in [0.3, 0.4) is 0 Å². The van der Waals surface area contributed by atoms with Gasteiger partial charge in [-0.15, -0.1) is 0 Å². The lowest BCUT2D eigenvalue weighted by Gasteiger charge is -2.33. The summed E-state index contributed by atoms with van der Waals surface area (Å²) in [5.41, 5.74) is 0. The second-order valence-electron chi connectivity index (χ2n) is 5.09. The molecule has 18 heavy (non-hydrogen) atoms. The van der Waals surface area contributed by atoms with Crippen molar-refractivity contribution in [2.75, 3.05) is 25.5 Å². The molecule has 2 heterocycles. The number of morpholine rings is 1. The topological polar surface area (TPSA) is 29.5 Å². The fourth-order valence-electron chi connectivity index (χ4n) is 2.45. The highest BCUT2D eigenvalue weighted by atomic mass is 33.1. The van der Waals surface area contributed by atoms with Crippen LogP contribution in [-0.4, -0.2) is 47.6 Å². The standard InChI is InChI=1S/C13H23NO2S2/c1-11-10-16-8-7-14(11)13(15)5-3-2-4-12-6-9-17-18-12/h11-12H,2-10H2,1H3. The summed E-state index contributed by atoms with van der Waals surface area (Å²) in [4.78, 5) is 14.1. The summed E-state index contributed by atoms with van der Waals surface area (Å²) < 4.78 is 5.36. The number of hydrogen-bond donors (Lipinski definition) is 0. The molecule has 2 aliphatic rings. The number of nitrogens with zero attached hydrogens (tertiary/aromatic N) is 1. The lowest BCUT2D eigenvalue weighted by molar-refractivity contribution is -0.139. The summed E-state index contributed by atoms with van der Waals surface area (Å²) in [6.07, 6.45) is 5.59. The zero-order valence-corrected chi connectivity index (χ0v) is 12.7. The maximum Gasteiger partial charge on any atom is 0.222 e. The van der Waals surface area contributed by atoms with Gasteiger partial charge in [-0.3, -0.25) is 4.79 Å². The molecule has 104 valence electrons. The largest absolute Gasteiger partial charge is 0.377 e. The SMILES string of the molecule is CC1COCCN1C(=O)CCCCC1CCSS1. The van der Waals surface area contributed by atoms with Crippen LogP contribution in [-0.2, 0) is 9.53 Å². The molecule has 2 atom stereocenters. The van der Waals surface area contributed by atoms with Gasteiger partial charge in [-0.25, -0.2) is 0 Å². The van der Waals surface area contributed by atoms with Gasteiger partial charge < -0.3 is 9.64 Å². The molecule has 1 amide bonds. The van der Waals surface area contributed by atoms with Crippen molar-refractivity contribution in [1.29, 1.82) is 0 Å². The number of amides is 1. The second-order valence-corrected chi connectivity index (χ2v) is 7.87. The van der Waals surface area contributed by atoms with E-state index in [1.807, 2.05) is 26.5 Å². The first kappa shape index (κ1) is 14.5. The van der Waals surface area contributed by atoms with E-state index in [1.165, 1.54) is 25.0 Å². The second kappa shape index (κ2) is 7.65. The summed E-state index contributed by atoms with van der Waals surface area (Å²) in [6.45, 7) is 4.24. The van der Waals surface area contributed by atoms with Crippen LogP contribution in [0.2, 0.25) is 0 Å². The van der Waals surface area contributed by atoms with Crippen LogP contribution in [0.25, 0.3) is 0 Å². The summed E-state index contributed by atoms with van der Waals surface area (Å²) in [5, 5.41) is 0.840. The predicted octanol–water partition coefficient (Wildman–Crippen LogP) is 2.95. The third-order valence-corrected chi connectivity index (χ3v) is 6.59. The van der Waals surface area contributed by atoms with Gasteiger partial charge in [-0.1, -0.05) is 28.0 Å². The highest BCUT2D eigenvalue weighted by molar-refractivity contribution is 8.77. The molecule has 0 saturated carbocycles. The van der Waals surface area contributed by atoms with Gasteiger partial charge in [0.1, 0.15) is 0 Å². The van der Waals surface area contributed by atoms with E-state index in [0.717, 1.165) is 24.6 Å². The summed E-state index contributed by atoms with van der Waals surface area (Å²) in [6, 6.07) is 0.257. The quantitative estimate of drug-likeness (QED) is 0.575. The molecule has 0 bridgehead atoms. The molecule has 2 saturated heterocycles. The first-order chi connectivity index (χ1) is 8.77. The van der Waals surface area contributed by atoms with E-state index in [1.54, 1.807) is 0 Å². The highest BCUT2D eigenvalue weighted by Crippen LogP contribution is 2.39. The van der Waals surface area contributed by atoms with E-state index in [0.29, 0.717) is 19.1 Å². The van der Waals surface area contributed by atoms with Crippen LogP contribution in [0, 0.1) is 0 Å². The number of rotatable bonds is 5. The summed E-state index contributed by atoms with van der Waals surface area (Å²) in [5.74, 6) is 1.62. The Morgan fingerprint density at radius 3 is 3.06 bits per heavy atom. The van der Waals surface area contributed by atoms with Gasteiger partial charge in [-0.2, -0.15) is 0 Å². The Hall–Kier alpha value is 0.130. The number of carbonyl (C=O) groups is 1. The normalized spacial score (nSPS) is 28.6. The zero-order chi connectivity index (χ0) is 12.8. The molecule has 5 heteroatoms. The third-order valence-electron chi connectivity index (χ3n) is 3.58. The Kier molecular flexibility index (Phi) is 6.18. The first-order valence-corrected chi connectivity index (χ1v) is 9.31. The minimum atomic E-state index is 0.257. The van der Waals surface area contributed by atoms with E-state index >= 15 is 0 Å². The van der Waals surface area contributed by atoms with E-state index in [9.17, 15) is 4.79 Å². The van der Waals surface area contributed by atoms with Crippen LogP contribution in [0.1, 0.15) is 39.0 Å². The molecule has 0 spiro atoms. The van der Waals surface area contributed by atoms with Crippen LogP contribution >= 0.6 is 21.6 Å². The molecule has 3 nitrogen and oxygen atoms in total.